The minimum absolute atomic E-state index is 0.0200. The summed E-state index contributed by atoms with van der Waals surface area (Å²) in [5, 5.41) is 11.6. The number of hydrogen-bond acceptors (Lipinski definition) is 9. The summed E-state index contributed by atoms with van der Waals surface area (Å²) in [5.41, 5.74) is 11.0. The van der Waals surface area contributed by atoms with Crippen LogP contribution in [0.5, 0.6) is 0 Å². The lowest BCUT2D eigenvalue weighted by Gasteiger charge is -2.36. The first-order chi connectivity index (χ1) is 23.5. The summed E-state index contributed by atoms with van der Waals surface area (Å²) in [7, 11) is -3.51. The van der Waals surface area contributed by atoms with Gasteiger partial charge in [-0.25, -0.2) is 22.7 Å². The summed E-state index contributed by atoms with van der Waals surface area (Å²) >= 11 is 0. The molecular formula is C35H49N9O5S. The molecular weight excluding hydrogens is 659 g/mol. The lowest BCUT2D eigenvalue weighted by molar-refractivity contribution is 0.00898. The van der Waals surface area contributed by atoms with Gasteiger partial charge >= 0.3 is 6.09 Å². The van der Waals surface area contributed by atoms with Gasteiger partial charge in [-0.3, -0.25) is 19.5 Å². The van der Waals surface area contributed by atoms with Crippen LogP contribution in [0, 0.1) is 20.8 Å². The third-order valence-electron chi connectivity index (χ3n) is 8.67. The Hall–Kier alpha value is -4.66. The summed E-state index contributed by atoms with van der Waals surface area (Å²) in [6.45, 7) is 12.7. The molecule has 4 aromatic rings. The highest BCUT2D eigenvalue weighted by Gasteiger charge is 2.33. The van der Waals surface area contributed by atoms with Crippen LogP contribution in [0.15, 0.2) is 36.4 Å². The fraction of sp³-hybridized carbons (Fsp3) is 0.514. The van der Waals surface area contributed by atoms with Crippen LogP contribution >= 0.6 is 0 Å². The number of anilines is 2. The summed E-state index contributed by atoms with van der Waals surface area (Å²) in [6, 6.07) is 10.7. The van der Waals surface area contributed by atoms with Gasteiger partial charge in [-0.05, 0) is 98.3 Å². The number of aromatic nitrogens is 5. The number of nitrogens with one attached hydrogen (secondary N) is 2. The maximum absolute atomic E-state index is 13.6. The van der Waals surface area contributed by atoms with Gasteiger partial charge in [-0.15, -0.1) is 0 Å². The van der Waals surface area contributed by atoms with Crippen molar-refractivity contribution in [3.05, 3.63) is 70.3 Å². The molecule has 2 aliphatic heterocycles. The number of rotatable bonds is 5. The van der Waals surface area contributed by atoms with Crippen LogP contribution in [-0.4, -0.2) is 80.0 Å². The van der Waals surface area contributed by atoms with E-state index in [1.54, 1.807) is 29.2 Å². The molecule has 4 N–H and O–H groups in total. The van der Waals surface area contributed by atoms with Crippen molar-refractivity contribution in [1.29, 1.82) is 0 Å². The molecule has 14 nitrogen and oxygen atoms in total. The number of fused-ring (bicyclic) bond motifs is 1. The van der Waals surface area contributed by atoms with E-state index in [0.29, 0.717) is 30.2 Å². The average Bonchev–Trinajstić information content (AvgIpc) is 3.67. The smallest absolute Gasteiger partial charge is 0.410 e. The second kappa shape index (κ2) is 14.7. The molecule has 0 unspecified atom stereocenters. The van der Waals surface area contributed by atoms with Crippen molar-refractivity contribution in [1.82, 2.24) is 34.6 Å². The molecule has 1 aromatic carbocycles. The number of carbonyl (C=O) groups is 2. The number of sulfonamides is 1. The number of hydrogen-bond donors (Lipinski definition) is 3. The summed E-state index contributed by atoms with van der Waals surface area (Å²) in [6.07, 6.45) is 6.49. The maximum atomic E-state index is 13.6. The number of ether oxygens (including phenoxy) is 1. The number of amides is 2. The van der Waals surface area contributed by atoms with Crippen molar-refractivity contribution >= 4 is 39.2 Å². The molecule has 2 amide bonds. The molecule has 6 rings (SSSR count). The molecule has 0 saturated carbocycles. The van der Waals surface area contributed by atoms with Crippen molar-refractivity contribution in [3.8, 4) is 0 Å². The normalized spacial score (nSPS) is 18.4. The third-order valence-corrected chi connectivity index (χ3v) is 9.26. The average molecular weight is 708 g/mol. The minimum atomic E-state index is -3.51. The highest BCUT2D eigenvalue weighted by Crippen LogP contribution is 2.34. The highest BCUT2D eigenvalue weighted by atomic mass is 32.2. The largest absolute Gasteiger partial charge is 0.444 e. The first kappa shape index (κ1) is 36.6. The standard InChI is InChI=1S/C22H27N5O3S.C13H22N4O2/c1-14-8-9-18(25-31(4,29)30)17(11-14)22(28)26-10-6-5-7-20(26)19-13-21-23-15(2)12-16(3)27(21)24-19;1-13(2,3)19-12(18)17-7-5-4-6-10(17)9-8-11(14)16-15-9/h8-9,11-13,20,25H,5-7,10H2,1-4H3;8,10H,4-7H2,1-3H3,(H3,14,15,16)/t20-;10-/m00/s1. The van der Waals surface area contributed by atoms with Gasteiger partial charge < -0.3 is 15.4 Å². The predicted molar refractivity (Wildman–Crippen MR) is 192 cm³/mol. The number of carbonyl (C=O) groups excluding carboxylic acids is 2. The van der Waals surface area contributed by atoms with Gasteiger partial charge in [-0.2, -0.15) is 10.2 Å². The van der Waals surface area contributed by atoms with Gasteiger partial charge in [0.05, 0.1) is 41.0 Å². The molecule has 270 valence electrons. The monoisotopic (exact) mass is 707 g/mol. The van der Waals surface area contributed by atoms with Crippen molar-refractivity contribution in [2.24, 2.45) is 0 Å². The summed E-state index contributed by atoms with van der Waals surface area (Å²) < 4.78 is 33.4. The Morgan fingerprint density at radius 2 is 1.64 bits per heavy atom. The van der Waals surface area contributed by atoms with Crippen LogP contribution in [0.1, 0.15) is 110 Å². The number of nitrogen functional groups attached to an aromatic ring is 1. The zero-order valence-corrected chi connectivity index (χ0v) is 30.8. The zero-order chi connectivity index (χ0) is 36.4. The van der Waals surface area contributed by atoms with Crippen LogP contribution in [0.3, 0.4) is 0 Å². The number of aryl methyl sites for hydroxylation is 3. The number of piperidine rings is 2. The molecule has 0 spiro atoms. The molecule has 2 fully saturated rings. The molecule has 0 bridgehead atoms. The van der Waals surface area contributed by atoms with Crippen molar-refractivity contribution in [2.45, 2.75) is 97.8 Å². The number of likely N-dealkylation sites (tertiary alicyclic amines) is 2. The van der Waals surface area contributed by atoms with Crippen molar-refractivity contribution < 1.29 is 22.7 Å². The number of nitrogens with zero attached hydrogens (tertiary/aromatic N) is 6. The van der Waals surface area contributed by atoms with E-state index in [4.69, 9.17) is 15.6 Å². The number of nitrogens with two attached hydrogens (primary N) is 1. The first-order valence-corrected chi connectivity index (χ1v) is 18.9. The topological polar surface area (TPSA) is 181 Å². The van der Waals surface area contributed by atoms with Gasteiger partial charge in [0, 0.05) is 36.6 Å². The Balaban J connectivity index is 0.000000219. The maximum Gasteiger partial charge on any atom is 0.410 e. The Morgan fingerprint density at radius 1 is 0.960 bits per heavy atom. The molecule has 0 radical (unpaired) electrons. The van der Waals surface area contributed by atoms with Crippen molar-refractivity contribution in [2.75, 3.05) is 29.8 Å². The number of benzene rings is 1. The van der Waals surface area contributed by atoms with Crippen LogP contribution in [-0.2, 0) is 14.8 Å². The SMILES string of the molecule is CC(C)(C)OC(=O)N1CCCC[C@H]1c1cc(N)n[nH]1.Cc1ccc(NS(C)(=O)=O)c(C(=O)N2CCCC[C@H]2c2cc3nc(C)cc(C)n3n2)c1. The van der Waals surface area contributed by atoms with Gasteiger partial charge in [0.1, 0.15) is 11.4 Å². The van der Waals surface area contributed by atoms with E-state index in [1.807, 2.05) is 63.1 Å². The number of aromatic amines is 1. The molecule has 2 saturated heterocycles. The lowest BCUT2D eigenvalue weighted by Crippen LogP contribution is -2.42. The fourth-order valence-corrected chi connectivity index (χ4v) is 7.12. The van der Waals surface area contributed by atoms with E-state index in [0.717, 1.165) is 78.8 Å². The van der Waals surface area contributed by atoms with Crippen LogP contribution in [0.25, 0.3) is 5.65 Å². The Morgan fingerprint density at radius 3 is 2.28 bits per heavy atom. The molecule has 2 aliphatic rings. The Kier molecular flexibility index (Phi) is 10.7. The van der Waals surface area contributed by atoms with E-state index in [2.05, 4.69) is 19.9 Å². The van der Waals surface area contributed by atoms with Crippen molar-refractivity contribution in [3.63, 3.8) is 0 Å². The van der Waals surface area contributed by atoms with Crippen LogP contribution in [0.2, 0.25) is 0 Å². The fourth-order valence-electron chi connectivity index (χ4n) is 6.55. The predicted octanol–water partition coefficient (Wildman–Crippen LogP) is 5.85. The van der Waals surface area contributed by atoms with Gasteiger partial charge in [0.25, 0.3) is 5.91 Å². The number of H-pyrrole nitrogens is 1. The highest BCUT2D eigenvalue weighted by molar-refractivity contribution is 7.92. The van der Waals surface area contributed by atoms with E-state index in [9.17, 15) is 18.0 Å². The molecule has 5 heterocycles. The second-order valence-electron chi connectivity index (χ2n) is 14.2. The van der Waals surface area contributed by atoms with Gasteiger partial charge in [-0.1, -0.05) is 11.6 Å². The Labute approximate surface area is 293 Å². The van der Waals surface area contributed by atoms with Gasteiger partial charge in [0.15, 0.2) is 5.65 Å². The zero-order valence-electron chi connectivity index (χ0n) is 30.0. The van der Waals surface area contributed by atoms with E-state index in [-0.39, 0.29) is 24.1 Å². The van der Waals surface area contributed by atoms with Crippen LogP contribution < -0.4 is 10.5 Å². The molecule has 3 aromatic heterocycles. The minimum Gasteiger partial charge on any atom is -0.444 e. The third kappa shape index (κ3) is 8.92. The van der Waals surface area contributed by atoms with E-state index in [1.165, 1.54) is 0 Å². The Bertz CT molecular complexity index is 1960. The molecule has 50 heavy (non-hydrogen) atoms. The van der Waals surface area contributed by atoms with E-state index >= 15 is 0 Å². The van der Waals surface area contributed by atoms with Crippen LogP contribution in [0.4, 0.5) is 16.3 Å². The second-order valence-corrected chi connectivity index (χ2v) is 16.0. The molecule has 2 atom stereocenters. The summed E-state index contributed by atoms with van der Waals surface area (Å²) in [4.78, 5) is 34.0. The molecule has 15 heteroatoms. The molecule has 0 aliphatic carbocycles. The first-order valence-electron chi connectivity index (χ1n) is 17.0. The quantitative estimate of drug-likeness (QED) is 0.229. The van der Waals surface area contributed by atoms with Gasteiger partial charge in [0.2, 0.25) is 10.0 Å². The summed E-state index contributed by atoms with van der Waals surface area (Å²) in [5.74, 6) is 0.252. The lowest BCUT2D eigenvalue weighted by atomic mass is 9.97. The van der Waals surface area contributed by atoms with E-state index < -0.39 is 15.6 Å².